The molecule has 1 amide bonds. The van der Waals surface area contributed by atoms with Crippen molar-refractivity contribution in [3.05, 3.63) is 47.5 Å². The molecule has 6 heteroatoms. The topological polar surface area (TPSA) is 38.8 Å². The predicted octanol–water partition coefficient (Wildman–Crippen LogP) is 5.83. The molecular formula is C27H25NO3S2. The summed E-state index contributed by atoms with van der Waals surface area (Å²) >= 11 is 6.88. The summed E-state index contributed by atoms with van der Waals surface area (Å²) in [6.45, 7) is 0.321. The number of nitrogens with zero attached hydrogens (tertiary/aromatic N) is 1. The van der Waals surface area contributed by atoms with Gasteiger partial charge < -0.3 is 9.47 Å². The molecule has 4 saturated carbocycles. The molecule has 33 heavy (non-hydrogen) atoms. The van der Waals surface area contributed by atoms with Crippen molar-refractivity contribution in [1.82, 2.24) is 4.90 Å². The van der Waals surface area contributed by atoms with Gasteiger partial charge in [-0.3, -0.25) is 9.69 Å². The molecule has 2 aromatic rings. The van der Waals surface area contributed by atoms with Crippen molar-refractivity contribution in [1.29, 1.82) is 0 Å². The number of rotatable bonds is 3. The van der Waals surface area contributed by atoms with E-state index in [2.05, 4.69) is 36.4 Å². The number of thiocarbonyl (C=S) groups is 1. The van der Waals surface area contributed by atoms with Gasteiger partial charge in [-0.15, -0.1) is 0 Å². The molecule has 0 N–H and O–H groups in total. The Hall–Kier alpha value is -2.05. The van der Waals surface area contributed by atoms with Crippen molar-refractivity contribution < 1.29 is 14.3 Å². The van der Waals surface area contributed by atoms with Gasteiger partial charge in [-0.2, -0.15) is 0 Å². The van der Waals surface area contributed by atoms with Gasteiger partial charge in [-0.05, 0) is 90.5 Å². The number of carbonyl (C=O) groups excluding carboxylic acids is 1. The number of carbonyl (C=O) groups is 1. The van der Waals surface area contributed by atoms with E-state index in [0.29, 0.717) is 6.79 Å². The molecule has 4 aliphatic heterocycles. The lowest BCUT2D eigenvalue weighted by Gasteiger charge is -2.57. The minimum Gasteiger partial charge on any atom is -0.454 e. The molecule has 2 atom stereocenters. The van der Waals surface area contributed by atoms with Crippen molar-refractivity contribution in [2.45, 2.75) is 55.2 Å². The molecule has 10 rings (SSSR count). The van der Waals surface area contributed by atoms with Crippen LogP contribution in [-0.2, 0) is 10.2 Å². The smallest absolute Gasteiger partial charge is 0.244 e. The van der Waals surface area contributed by atoms with Gasteiger partial charge in [-0.25, -0.2) is 0 Å². The summed E-state index contributed by atoms with van der Waals surface area (Å²) < 4.78 is 12.7. The fraction of sp³-hybridized carbons (Fsp3) is 0.481. The summed E-state index contributed by atoms with van der Waals surface area (Å²) in [7, 11) is 0. The second-order valence-corrected chi connectivity index (χ2v) is 12.8. The molecular weight excluding hydrogens is 450 g/mol. The minimum absolute atomic E-state index is 0.0309. The van der Waals surface area contributed by atoms with Gasteiger partial charge in [0.25, 0.3) is 0 Å². The quantitative estimate of drug-likeness (QED) is 0.412. The molecule has 2 unspecified atom stereocenters. The highest BCUT2D eigenvalue weighted by Crippen LogP contribution is 2.63. The van der Waals surface area contributed by atoms with E-state index >= 15 is 0 Å². The van der Waals surface area contributed by atoms with Crippen LogP contribution >= 0.6 is 24.0 Å². The summed E-state index contributed by atoms with van der Waals surface area (Å²) in [6, 6.07) is 13.4. The maximum absolute atomic E-state index is 12.1. The SMILES string of the molecule is O=C1C2SC(=S)N1C2c1ccc(-c2cc3c(c(C45CC6CC(CC(C6)C4)C5)c2)OCO3)cc1. The molecule has 2 aromatic carbocycles. The number of hydrogen-bond acceptors (Lipinski definition) is 5. The van der Waals surface area contributed by atoms with Gasteiger partial charge >= 0.3 is 0 Å². The van der Waals surface area contributed by atoms with Crippen LogP contribution in [0.1, 0.15) is 55.7 Å². The molecule has 8 aliphatic rings. The first kappa shape index (κ1) is 19.3. The zero-order chi connectivity index (χ0) is 21.9. The second-order valence-electron chi connectivity index (χ2n) is 11.0. The molecule has 0 spiro atoms. The monoisotopic (exact) mass is 475 g/mol. The van der Waals surface area contributed by atoms with E-state index in [0.717, 1.165) is 39.1 Å². The Kier molecular flexibility index (Phi) is 3.82. The van der Waals surface area contributed by atoms with Crippen LogP contribution in [0.25, 0.3) is 11.1 Å². The Balaban J connectivity index is 1.17. The number of benzene rings is 2. The molecule has 0 aromatic heterocycles. The summed E-state index contributed by atoms with van der Waals surface area (Å²) in [6.07, 6.45) is 8.22. The lowest BCUT2D eigenvalue weighted by Crippen LogP contribution is -2.50. The third kappa shape index (κ3) is 2.60. The molecule has 3 saturated heterocycles. The molecule has 0 radical (unpaired) electrons. The maximum Gasteiger partial charge on any atom is 0.244 e. The largest absolute Gasteiger partial charge is 0.454 e. The third-order valence-electron chi connectivity index (χ3n) is 9.14. The summed E-state index contributed by atoms with van der Waals surface area (Å²) in [5.74, 6) is 4.72. The fourth-order valence-electron chi connectivity index (χ4n) is 8.15. The third-order valence-corrected chi connectivity index (χ3v) is 10.7. The predicted molar refractivity (Wildman–Crippen MR) is 131 cm³/mol. The highest BCUT2D eigenvalue weighted by Gasteiger charge is 2.58. The van der Waals surface area contributed by atoms with E-state index < -0.39 is 0 Å². The average molecular weight is 476 g/mol. The highest BCUT2D eigenvalue weighted by atomic mass is 32.2. The Morgan fingerprint density at radius 2 is 1.64 bits per heavy atom. The van der Waals surface area contributed by atoms with E-state index in [4.69, 9.17) is 21.7 Å². The first-order valence-corrected chi connectivity index (χ1v) is 13.4. The maximum atomic E-state index is 12.1. The van der Waals surface area contributed by atoms with Crippen molar-refractivity contribution in [3.8, 4) is 22.6 Å². The average Bonchev–Trinajstić information content (AvgIpc) is 3.49. The lowest BCUT2D eigenvalue weighted by atomic mass is 9.48. The minimum atomic E-state index is -0.0309. The normalized spacial score (nSPS) is 37.1. The van der Waals surface area contributed by atoms with Gasteiger partial charge in [0, 0.05) is 5.56 Å². The molecule has 4 nitrogen and oxygen atoms in total. The number of hydrogen-bond donors (Lipinski definition) is 0. The van der Waals surface area contributed by atoms with Gasteiger partial charge in [0.1, 0.15) is 9.57 Å². The number of ether oxygens (including phenoxy) is 2. The Morgan fingerprint density at radius 1 is 0.939 bits per heavy atom. The number of β-lactam (4-membered cyclic amide) rings is 1. The van der Waals surface area contributed by atoms with Crippen LogP contribution in [0, 0.1) is 17.8 Å². The summed E-state index contributed by atoms with van der Waals surface area (Å²) in [5.41, 5.74) is 5.21. The van der Waals surface area contributed by atoms with Gasteiger partial charge in [-0.1, -0.05) is 48.2 Å². The molecule has 7 fully saturated rings. The van der Waals surface area contributed by atoms with Crippen LogP contribution in [0.5, 0.6) is 11.5 Å². The Labute approximate surface area is 203 Å². The van der Waals surface area contributed by atoms with Crippen LogP contribution in [0.2, 0.25) is 0 Å². The second kappa shape index (κ2) is 6.54. The van der Waals surface area contributed by atoms with Crippen LogP contribution < -0.4 is 9.47 Å². The number of thioether (sulfide) groups is 1. The van der Waals surface area contributed by atoms with Crippen molar-refractivity contribution in [3.63, 3.8) is 0 Å². The summed E-state index contributed by atoms with van der Waals surface area (Å²) in [5, 5.41) is -0.0309. The van der Waals surface area contributed by atoms with E-state index in [9.17, 15) is 4.79 Å². The first-order valence-electron chi connectivity index (χ1n) is 12.2. The number of amides is 1. The summed E-state index contributed by atoms with van der Waals surface area (Å²) in [4.78, 5) is 13.9. The van der Waals surface area contributed by atoms with Crippen LogP contribution in [0.4, 0.5) is 0 Å². The lowest BCUT2D eigenvalue weighted by molar-refractivity contribution is -0.136. The van der Waals surface area contributed by atoms with Gasteiger partial charge in [0.15, 0.2) is 11.5 Å². The first-order chi connectivity index (χ1) is 16.1. The molecule has 4 heterocycles. The van der Waals surface area contributed by atoms with Gasteiger partial charge in [0.2, 0.25) is 12.7 Å². The Bertz CT molecular complexity index is 1180. The number of fused-ring (bicyclic) bond motifs is 2. The molecule has 4 aliphatic carbocycles. The standard InChI is InChI=1S/C27H25NO3S2/c29-25-24-22(28(25)26(32)33-24)18-3-1-17(2-4-18)19-8-20(23-21(9-19)30-13-31-23)27-10-14-5-15(11-27)7-16(6-14)12-27/h1-4,8-9,14-16,22,24H,5-7,10-13H2. The van der Waals surface area contributed by atoms with E-state index in [1.54, 1.807) is 4.90 Å². The van der Waals surface area contributed by atoms with E-state index in [1.807, 2.05) is 0 Å². The van der Waals surface area contributed by atoms with Gasteiger partial charge in [0.05, 0.1) is 6.04 Å². The van der Waals surface area contributed by atoms with Crippen LogP contribution in [-0.4, -0.2) is 27.2 Å². The van der Waals surface area contributed by atoms with Crippen molar-refractivity contribution in [2.75, 3.05) is 6.79 Å². The zero-order valence-corrected chi connectivity index (χ0v) is 19.9. The van der Waals surface area contributed by atoms with Crippen molar-refractivity contribution >= 4 is 34.2 Å². The Morgan fingerprint density at radius 3 is 2.24 bits per heavy atom. The van der Waals surface area contributed by atoms with E-state index in [-0.39, 0.29) is 22.6 Å². The van der Waals surface area contributed by atoms with Crippen LogP contribution in [0.15, 0.2) is 36.4 Å². The zero-order valence-electron chi connectivity index (χ0n) is 18.3. The molecule has 6 bridgehead atoms. The highest BCUT2D eigenvalue weighted by molar-refractivity contribution is 8.24. The van der Waals surface area contributed by atoms with Crippen molar-refractivity contribution in [2.24, 2.45) is 17.8 Å². The van der Waals surface area contributed by atoms with E-state index in [1.165, 1.54) is 67.0 Å². The fourth-order valence-corrected chi connectivity index (χ4v) is 9.83. The molecule has 168 valence electrons. The van der Waals surface area contributed by atoms with Crippen LogP contribution in [0.3, 0.4) is 0 Å².